The Labute approximate surface area is 135 Å². The molecular weight excluding hydrogens is 358 g/mol. The van der Waals surface area contributed by atoms with Gasteiger partial charge in [0, 0.05) is 29.6 Å². The van der Waals surface area contributed by atoms with Gasteiger partial charge in [0.05, 0.1) is 18.4 Å². The van der Waals surface area contributed by atoms with Crippen molar-refractivity contribution in [1.29, 1.82) is 0 Å². The number of anilines is 1. The van der Waals surface area contributed by atoms with E-state index in [9.17, 15) is 14.4 Å². The second-order valence-electron chi connectivity index (χ2n) is 4.60. The molecule has 7 heteroatoms. The first kappa shape index (κ1) is 16.0. The highest BCUT2D eigenvalue weighted by Gasteiger charge is 2.33. The Bertz CT molecular complexity index is 605. The lowest BCUT2D eigenvalue weighted by molar-refractivity contribution is -0.117. The lowest BCUT2D eigenvalue weighted by Crippen LogP contribution is -2.25. The summed E-state index contributed by atoms with van der Waals surface area (Å²) in [4.78, 5) is 36.5. The van der Waals surface area contributed by atoms with Gasteiger partial charge in [0.25, 0.3) is 0 Å². The molecule has 1 aromatic rings. The highest BCUT2D eigenvalue weighted by Crippen LogP contribution is 2.34. The molecule has 1 amide bonds. The summed E-state index contributed by atoms with van der Waals surface area (Å²) in [7, 11) is 1.31. The molecule has 0 saturated carbocycles. The van der Waals surface area contributed by atoms with E-state index in [2.05, 4.69) is 20.7 Å². The zero-order valence-electron chi connectivity index (χ0n) is 11.6. The number of nitrogens with zero attached hydrogens (tertiary/aromatic N) is 1. The molecule has 1 atom stereocenters. The maximum absolute atomic E-state index is 12.1. The molecule has 0 aliphatic carbocycles. The Balaban J connectivity index is 2.27. The number of thioether (sulfide) groups is 1. The van der Waals surface area contributed by atoms with Crippen LogP contribution in [-0.4, -0.2) is 35.9 Å². The van der Waals surface area contributed by atoms with Gasteiger partial charge in [-0.25, -0.2) is 4.79 Å². The highest BCUT2D eigenvalue weighted by molar-refractivity contribution is 9.10. The summed E-state index contributed by atoms with van der Waals surface area (Å²) in [6.45, 7) is 1.94. The summed E-state index contributed by atoms with van der Waals surface area (Å²) in [6, 6.07) is 4.96. The third kappa shape index (κ3) is 3.65. The predicted molar refractivity (Wildman–Crippen MR) is 84.5 cm³/mol. The third-order valence-electron chi connectivity index (χ3n) is 3.08. The van der Waals surface area contributed by atoms with Gasteiger partial charge in [-0.2, -0.15) is 0 Å². The van der Waals surface area contributed by atoms with Crippen LogP contribution in [-0.2, 0) is 14.3 Å². The molecule has 112 valence electrons. The summed E-state index contributed by atoms with van der Waals surface area (Å²) in [5.74, 6) is -0.512. The van der Waals surface area contributed by atoms with Gasteiger partial charge >= 0.3 is 5.97 Å². The molecule has 1 saturated heterocycles. The highest BCUT2D eigenvalue weighted by atomic mass is 79.9. The monoisotopic (exact) mass is 371 g/mol. The van der Waals surface area contributed by atoms with Crippen LogP contribution in [0, 0.1) is 0 Å². The first-order valence-corrected chi connectivity index (χ1v) is 7.95. The molecule has 1 unspecified atom stereocenters. The SMILES string of the molecule is COC(=O)c1ccc(Br)c(N2CC(SC(C)=O)CC2=O)c1. The normalized spacial score (nSPS) is 18.0. The average molecular weight is 372 g/mol. The standard InChI is InChI=1S/C14H14BrNO4S/c1-8(17)21-10-6-13(18)16(7-10)12-5-9(14(19)20-2)3-4-11(12)15/h3-5,10H,6-7H2,1-2H3. The lowest BCUT2D eigenvalue weighted by atomic mass is 10.2. The van der Waals surface area contributed by atoms with Gasteiger partial charge in [-0.1, -0.05) is 11.8 Å². The summed E-state index contributed by atoms with van der Waals surface area (Å²) in [5.41, 5.74) is 1.00. The second-order valence-corrected chi connectivity index (χ2v) is 6.93. The Morgan fingerprint density at radius 3 is 2.76 bits per heavy atom. The number of amides is 1. The molecule has 1 fully saturated rings. The molecule has 1 aromatic carbocycles. The van der Waals surface area contributed by atoms with Crippen LogP contribution in [0.3, 0.4) is 0 Å². The number of carbonyl (C=O) groups excluding carboxylic acids is 3. The van der Waals surface area contributed by atoms with Crippen LogP contribution in [0.4, 0.5) is 5.69 Å². The van der Waals surface area contributed by atoms with E-state index >= 15 is 0 Å². The number of rotatable bonds is 3. The summed E-state index contributed by atoms with van der Waals surface area (Å²) >= 11 is 4.57. The van der Waals surface area contributed by atoms with E-state index in [0.29, 0.717) is 24.2 Å². The first-order chi connectivity index (χ1) is 9.92. The molecule has 0 radical (unpaired) electrons. The van der Waals surface area contributed by atoms with Crippen LogP contribution < -0.4 is 4.90 Å². The fourth-order valence-electron chi connectivity index (χ4n) is 2.19. The fraction of sp³-hybridized carbons (Fsp3) is 0.357. The number of benzene rings is 1. The van der Waals surface area contributed by atoms with E-state index in [1.807, 2.05) is 0 Å². The Morgan fingerprint density at radius 1 is 1.43 bits per heavy atom. The zero-order chi connectivity index (χ0) is 15.6. The molecule has 2 rings (SSSR count). The lowest BCUT2D eigenvalue weighted by Gasteiger charge is -2.19. The van der Waals surface area contributed by atoms with E-state index in [-0.39, 0.29) is 16.3 Å². The van der Waals surface area contributed by atoms with Crippen molar-refractivity contribution in [3.05, 3.63) is 28.2 Å². The zero-order valence-corrected chi connectivity index (χ0v) is 14.0. The van der Waals surface area contributed by atoms with Crippen molar-refractivity contribution < 1.29 is 19.1 Å². The van der Waals surface area contributed by atoms with Gasteiger partial charge in [0.15, 0.2) is 5.12 Å². The van der Waals surface area contributed by atoms with Crippen LogP contribution in [0.2, 0.25) is 0 Å². The van der Waals surface area contributed by atoms with E-state index in [0.717, 1.165) is 4.47 Å². The minimum atomic E-state index is -0.454. The topological polar surface area (TPSA) is 63.7 Å². The number of esters is 1. The second kappa shape index (κ2) is 6.62. The number of ether oxygens (including phenoxy) is 1. The van der Waals surface area contributed by atoms with Crippen molar-refractivity contribution in [2.45, 2.75) is 18.6 Å². The van der Waals surface area contributed by atoms with Crippen molar-refractivity contribution in [1.82, 2.24) is 0 Å². The number of carbonyl (C=O) groups is 3. The average Bonchev–Trinajstić information content (AvgIpc) is 2.78. The van der Waals surface area contributed by atoms with E-state index in [4.69, 9.17) is 0 Å². The smallest absolute Gasteiger partial charge is 0.337 e. The van der Waals surface area contributed by atoms with E-state index < -0.39 is 5.97 Å². The van der Waals surface area contributed by atoms with Crippen molar-refractivity contribution in [3.63, 3.8) is 0 Å². The van der Waals surface area contributed by atoms with E-state index in [1.165, 1.54) is 25.8 Å². The molecule has 1 aliphatic rings. The molecule has 1 heterocycles. The summed E-state index contributed by atoms with van der Waals surface area (Å²) in [5, 5.41) is -0.0549. The molecule has 0 N–H and O–H groups in total. The first-order valence-electron chi connectivity index (χ1n) is 6.28. The quantitative estimate of drug-likeness (QED) is 0.764. The molecule has 0 spiro atoms. The van der Waals surface area contributed by atoms with Crippen LogP contribution in [0.1, 0.15) is 23.7 Å². The van der Waals surface area contributed by atoms with Crippen LogP contribution in [0.5, 0.6) is 0 Å². The maximum Gasteiger partial charge on any atom is 0.337 e. The van der Waals surface area contributed by atoms with Crippen molar-refractivity contribution >= 4 is 50.4 Å². The van der Waals surface area contributed by atoms with E-state index in [1.54, 1.807) is 23.1 Å². The number of hydrogen-bond acceptors (Lipinski definition) is 5. The number of halogens is 1. The molecular formula is C14H14BrNO4S. The number of methoxy groups -OCH3 is 1. The van der Waals surface area contributed by atoms with Crippen molar-refractivity contribution in [3.8, 4) is 0 Å². The van der Waals surface area contributed by atoms with Crippen LogP contribution in [0.25, 0.3) is 0 Å². The minimum absolute atomic E-state index is 0.00275. The van der Waals surface area contributed by atoms with Gasteiger partial charge in [0.2, 0.25) is 5.91 Å². The molecule has 21 heavy (non-hydrogen) atoms. The largest absolute Gasteiger partial charge is 0.465 e. The van der Waals surface area contributed by atoms with Gasteiger partial charge < -0.3 is 9.64 Å². The molecule has 1 aliphatic heterocycles. The van der Waals surface area contributed by atoms with Gasteiger partial charge in [0.1, 0.15) is 0 Å². The van der Waals surface area contributed by atoms with Gasteiger partial charge in [-0.15, -0.1) is 0 Å². The Kier molecular flexibility index (Phi) is 5.05. The summed E-state index contributed by atoms with van der Waals surface area (Å²) in [6.07, 6.45) is 0.319. The Morgan fingerprint density at radius 2 is 2.14 bits per heavy atom. The fourth-order valence-corrected chi connectivity index (χ4v) is 3.57. The van der Waals surface area contributed by atoms with Crippen molar-refractivity contribution in [2.24, 2.45) is 0 Å². The number of hydrogen-bond donors (Lipinski definition) is 0. The molecule has 0 aromatic heterocycles. The van der Waals surface area contributed by atoms with Crippen molar-refractivity contribution in [2.75, 3.05) is 18.6 Å². The predicted octanol–water partition coefficient (Wildman–Crippen LogP) is 2.62. The van der Waals surface area contributed by atoms with Gasteiger partial charge in [-0.05, 0) is 34.1 Å². The van der Waals surface area contributed by atoms with Crippen LogP contribution >= 0.6 is 27.7 Å². The minimum Gasteiger partial charge on any atom is -0.465 e. The van der Waals surface area contributed by atoms with Gasteiger partial charge in [-0.3, -0.25) is 9.59 Å². The third-order valence-corrected chi connectivity index (χ3v) is 4.73. The summed E-state index contributed by atoms with van der Waals surface area (Å²) < 4.78 is 5.41. The molecule has 5 nitrogen and oxygen atoms in total. The maximum atomic E-state index is 12.1. The molecule has 0 bridgehead atoms. The Hall–Kier alpha value is -1.34. The van der Waals surface area contributed by atoms with Crippen LogP contribution in [0.15, 0.2) is 22.7 Å².